The summed E-state index contributed by atoms with van der Waals surface area (Å²) in [5.74, 6) is 0. The molecule has 90 valence electrons. The second-order valence-corrected chi connectivity index (χ2v) is 3.89. The predicted octanol–water partition coefficient (Wildman–Crippen LogP) is 1.32. The van der Waals surface area contributed by atoms with E-state index in [0.29, 0.717) is 19.6 Å². The fourth-order valence-corrected chi connectivity index (χ4v) is 1.48. The van der Waals surface area contributed by atoms with Crippen LogP contribution in [0.3, 0.4) is 0 Å². The van der Waals surface area contributed by atoms with Crippen molar-refractivity contribution in [2.75, 3.05) is 26.4 Å². The molecule has 0 aromatic rings. The van der Waals surface area contributed by atoms with Gasteiger partial charge in [-0.3, -0.25) is 0 Å². The van der Waals surface area contributed by atoms with E-state index in [4.69, 9.17) is 19.3 Å². The van der Waals surface area contributed by atoms with Crippen molar-refractivity contribution in [2.24, 2.45) is 0 Å². The van der Waals surface area contributed by atoms with E-state index in [9.17, 15) is 0 Å². The molecule has 0 amide bonds. The van der Waals surface area contributed by atoms with E-state index in [-0.39, 0.29) is 19.0 Å². The second kappa shape index (κ2) is 8.05. The summed E-state index contributed by atoms with van der Waals surface area (Å²) in [5.41, 5.74) is 0. The third-order valence-corrected chi connectivity index (χ3v) is 2.36. The molecular formula is C11H22O4. The van der Waals surface area contributed by atoms with Crippen LogP contribution in [0.25, 0.3) is 0 Å². The lowest BCUT2D eigenvalue weighted by atomic mass is 10.2. The molecule has 4 nitrogen and oxygen atoms in total. The molecule has 1 aliphatic rings. The number of hydrogen-bond donors (Lipinski definition) is 1. The van der Waals surface area contributed by atoms with Gasteiger partial charge < -0.3 is 19.3 Å². The molecule has 1 saturated heterocycles. The maximum atomic E-state index is 8.58. The molecule has 2 atom stereocenters. The summed E-state index contributed by atoms with van der Waals surface area (Å²) in [6, 6.07) is 0. The summed E-state index contributed by atoms with van der Waals surface area (Å²) in [4.78, 5) is 0. The van der Waals surface area contributed by atoms with Crippen molar-refractivity contribution in [1.29, 1.82) is 0 Å². The van der Waals surface area contributed by atoms with Crippen LogP contribution in [0, 0.1) is 0 Å². The zero-order valence-corrected chi connectivity index (χ0v) is 9.48. The molecule has 1 fully saturated rings. The Bertz CT molecular complexity index is 146. The zero-order valence-electron chi connectivity index (χ0n) is 9.48. The highest BCUT2D eigenvalue weighted by molar-refractivity contribution is 4.56. The van der Waals surface area contributed by atoms with Crippen LogP contribution in [0.4, 0.5) is 0 Å². The van der Waals surface area contributed by atoms with Crippen molar-refractivity contribution >= 4 is 0 Å². The van der Waals surface area contributed by atoms with Gasteiger partial charge in [-0.15, -0.1) is 0 Å². The largest absolute Gasteiger partial charge is 0.396 e. The van der Waals surface area contributed by atoms with Gasteiger partial charge in [0.2, 0.25) is 0 Å². The highest BCUT2D eigenvalue weighted by atomic mass is 16.7. The van der Waals surface area contributed by atoms with E-state index in [1.54, 1.807) is 0 Å². The summed E-state index contributed by atoms with van der Waals surface area (Å²) in [5, 5.41) is 8.58. The van der Waals surface area contributed by atoms with Crippen molar-refractivity contribution in [3.8, 4) is 0 Å². The van der Waals surface area contributed by atoms with Gasteiger partial charge in [0, 0.05) is 19.8 Å². The van der Waals surface area contributed by atoms with Crippen LogP contribution < -0.4 is 0 Å². The number of ether oxygens (including phenoxy) is 3. The van der Waals surface area contributed by atoms with Gasteiger partial charge >= 0.3 is 0 Å². The van der Waals surface area contributed by atoms with Crippen molar-refractivity contribution < 1.29 is 19.3 Å². The van der Waals surface area contributed by atoms with Crippen molar-refractivity contribution in [2.45, 2.75) is 45.0 Å². The number of hydrogen-bond acceptors (Lipinski definition) is 4. The van der Waals surface area contributed by atoms with E-state index in [1.165, 1.54) is 6.42 Å². The minimum atomic E-state index is -0.0392. The van der Waals surface area contributed by atoms with Gasteiger partial charge in [0.1, 0.15) is 0 Å². The van der Waals surface area contributed by atoms with E-state index >= 15 is 0 Å². The molecule has 1 N–H and O–H groups in total. The molecular weight excluding hydrogens is 196 g/mol. The first-order valence-electron chi connectivity index (χ1n) is 5.78. The Morgan fingerprint density at radius 2 is 2.33 bits per heavy atom. The molecule has 0 saturated carbocycles. The molecule has 1 rings (SSSR count). The van der Waals surface area contributed by atoms with Crippen molar-refractivity contribution in [3.63, 3.8) is 0 Å². The summed E-state index contributed by atoms with van der Waals surface area (Å²) >= 11 is 0. The number of aliphatic hydroxyl groups excluding tert-OH is 1. The minimum Gasteiger partial charge on any atom is -0.396 e. The highest BCUT2D eigenvalue weighted by Crippen LogP contribution is 2.14. The first kappa shape index (κ1) is 12.9. The van der Waals surface area contributed by atoms with E-state index in [0.717, 1.165) is 19.4 Å². The van der Waals surface area contributed by atoms with Crippen LogP contribution in [0.15, 0.2) is 0 Å². The Kier molecular flexibility index (Phi) is 6.92. The monoisotopic (exact) mass is 218 g/mol. The number of aliphatic hydroxyl groups is 1. The molecule has 1 heterocycles. The summed E-state index contributed by atoms with van der Waals surface area (Å²) in [6.07, 6.45) is 4.03. The van der Waals surface area contributed by atoms with Gasteiger partial charge in [0.15, 0.2) is 6.29 Å². The summed E-state index contributed by atoms with van der Waals surface area (Å²) < 4.78 is 16.4. The lowest BCUT2D eigenvalue weighted by Gasteiger charge is -2.24. The number of rotatable bonds is 7. The Morgan fingerprint density at radius 1 is 1.47 bits per heavy atom. The predicted molar refractivity (Wildman–Crippen MR) is 56.7 cm³/mol. The zero-order chi connectivity index (χ0) is 10.9. The summed E-state index contributed by atoms with van der Waals surface area (Å²) in [6.45, 7) is 4.12. The topological polar surface area (TPSA) is 47.9 Å². The smallest absolute Gasteiger partial charge is 0.157 e. The van der Waals surface area contributed by atoms with Crippen LogP contribution in [0.5, 0.6) is 0 Å². The molecule has 0 aromatic carbocycles. The van der Waals surface area contributed by atoms with Gasteiger partial charge in [-0.25, -0.2) is 0 Å². The molecule has 0 aliphatic carbocycles. The lowest BCUT2D eigenvalue weighted by Crippen LogP contribution is -2.27. The van der Waals surface area contributed by atoms with Crippen molar-refractivity contribution in [1.82, 2.24) is 0 Å². The van der Waals surface area contributed by atoms with Crippen LogP contribution in [-0.4, -0.2) is 43.9 Å². The van der Waals surface area contributed by atoms with Crippen LogP contribution in [0.2, 0.25) is 0 Å². The maximum absolute atomic E-state index is 8.58. The Labute approximate surface area is 91.5 Å². The third kappa shape index (κ3) is 6.10. The fourth-order valence-electron chi connectivity index (χ4n) is 1.48. The molecule has 0 aromatic heterocycles. The van der Waals surface area contributed by atoms with Crippen molar-refractivity contribution in [3.05, 3.63) is 0 Å². The van der Waals surface area contributed by atoms with Gasteiger partial charge in [0.05, 0.1) is 12.7 Å². The Hall–Kier alpha value is -0.160. The lowest BCUT2D eigenvalue weighted by molar-refractivity contribution is -0.178. The van der Waals surface area contributed by atoms with Crippen LogP contribution >= 0.6 is 0 Å². The average Bonchev–Trinajstić information content (AvgIpc) is 2.28. The Morgan fingerprint density at radius 3 is 3.00 bits per heavy atom. The molecule has 4 heteroatoms. The highest BCUT2D eigenvalue weighted by Gasteiger charge is 2.15. The molecule has 15 heavy (non-hydrogen) atoms. The molecule has 0 radical (unpaired) electrons. The molecule has 1 unspecified atom stereocenters. The SMILES string of the molecule is C[C@H](COC1CCCCO1)OCCCO. The van der Waals surface area contributed by atoms with E-state index in [1.807, 2.05) is 6.92 Å². The van der Waals surface area contributed by atoms with Gasteiger partial charge in [-0.1, -0.05) is 0 Å². The van der Waals surface area contributed by atoms with Gasteiger partial charge in [-0.05, 0) is 32.6 Å². The fraction of sp³-hybridized carbons (Fsp3) is 1.00. The Balaban J connectivity index is 1.97. The first-order chi connectivity index (χ1) is 7.33. The summed E-state index contributed by atoms with van der Waals surface area (Å²) in [7, 11) is 0. The third-order valence-electron chi connectivity index (χ3n) is 2.36. The van der Waals surface area contributed by atoms with Gasteiger partial charge in [-0.2, -0.15) is 0 Å². The quantitative estimate of drug-likeness (QED) is 0.655. The first-order valence-corrected chi connectivity index (χ1v) is 5.78. The van der Waals surface area contributed by atoms with E-state index < -0.39 is 0 Å². The van der Waals surface area contributed by atoms with Crippen LogP contribution in [-0.2, 0) is 14.2 Å². The van der Waals surface area contributed by atoms with Gasteiger partial charge in [0.25, 0.3) is 0 Å². The normalized spacial score (nSPS) is 24.0. The standard InChI is InChI=1S/C11H22O4/c1-10(13-8-4-6-12)9-15-11-5-2-3-7-14-11/h10-12H,2-9H2,1H3/t10-,11?/m1/s1. The molecule has 1 aliphatic heterocycles. The molecule has 0 bridgehead atoms. The second-order valence-electron chi connectivity index (χ2n) is 3.89. The van der Waals surface area contributed by atoms with E-state index in [2.05, 4.69) is 0 Å². The minimum absolute atomic E-state index is 0.0392. The molecule has 0 spiro atoms. The average molecular weight is 218 g/mol. The van der Waals surface area contributed by atoms with Crippen LogP contribution in [0.1, 0.15) is 32.6 Å². The maximum Gasteiger partial charge on any atom is 0.157 e.